The summed E-state index contributed by atoms with van der Waals surface area (Å²) in [5.41, 5.74) is 4.57. The molecule has 0 saturated carbocycles. The molecule has 1 rings (SSSR count). The Bertz CT molecular complexity index is 252. The van der Waals surface area contributed by atoms with Crippen LogP contribution in [-0.2, 0) is 9.59 Å². The van der Waals surface area contributed by atoms with E-state index in [1.54, 1.807) is 0 Å². The Balaban J connectivity index is 2.38. The van der Waals surface area contributed by atoms with Gasteiger partial charge in [0, 0.05) is 6.42 Å². The number of carbonyl (C=O) groups excluding carboxylic acids is 2. The van der Waals surface area contributed by atoms with Gasteiger partial charge in [0.15, 0.2) is 0 Å². The van der Waals surface area contributed by atoms with Gasteiger partial charge in [-0.1, -0.05) is 0 Å². The predicted octanol–water partition coefficient (Wildman–Crippen LogP) is -1.44. The lowest BCUT2D eigenvalue weighted by Gasteiger charge is -2.22. The van der Waals surface area contributed by atoms with Crippen molar-refractivity contribution in [3.05, 3.63) is 0 Å². The number of carboxylic acid groups (broad SMARTS) is 1. The predicted molar refractivity (Wildman–Crippen MR) is 40.5 cm³/mol. The van der Waals surface area contributed by atoms with Crippen LogP contribution in [0.4, 0.5) is 4.79 Å². The number of amides is 3. The van der Waals surface area contributed by atoms with E-state index in [4.69, 9.17) is 5.11 Å². The van der Waals surface area contributed by atoms with Crippen molar-refractivity contribution >= 4 is 17.9 Å². The molecule has 0 aromatic rings. The van der Waals surface area contributed by atoms with Gasteiger partial charge in [-0.2, -0.15) is 0 Å². The van der Waals surface area contributed by atoms with Crippen LogP contribution in [0.5, 0.6) is 0 Å². The molecule has 1 saturated heterocycles. The quantitative estimate of drug-likeness (QED) is 0.433. The molecular formula is C6H9N3O4. The number of hydrazine groups is 1. The van der Waals surface area contributed by atoms with Crippen molar-refractivity contribution < 1.29 is 19.5 Å². The minimum Gasteiger partial charge on any atom is -0.481 e. The van der Waals surface area contributed by atoms with E-state index in [-0.39, 0.29) is 12.8 Å². The molecule has 0 bridgehead atoms. The molecule has 4 N–H and O–H groups in total. The average molecular weight is 187 g/mol. The summed E-state index contributed by atoms with van der Waals surface area (Å²) in [6.45, 7) is 0. The van der Waals surface area contributed by atoms with Crippen LogP contribution in [0.25, 0.3) is 0 Å². The zero-order valence-electron chi connectivity index (χ0n) is 6.66. The van der Waals surface area contributed by atoms with Crippen molar-refractivity contribution in [3.63, 3.8) is 0 Å². The molecular weight excluding hydrogens is 178 g/mol. The van der Waals surface area contributed by atoms with Gasteiger partial charge in [-0.25, -0.2) is 10.2 Å². The van der Waals surface area contributed by atoms with Crippen molar-refractivity contribution in [3.8, 4) is 0 Å². The van der Waals surface area contributed by atoms with E-state index in [1.807, 2.05) is 5.32 Å². The van der Waals surface area contributed by atoms with Crippen LogP contribution >= 0.6 is 0 Å². The average Bonchev–Trinajstić information content (AvgIpc) is 2.02. The summed E-state index contributed by atoms with van der Waals surface area (Å²) in [6, 6.07) is -1.30. The van der Waals surface area contributed by atoms with Gasteiger partial charge >= 0.3 is 12.0 Å². The summed E-state index contributed by atoms with van der Waals surface area (Å²) in [5, 5.41) is 10.3. The fourth-order valence-corrected chi connectivity index (χ4v) is 0.920. The fraction of sp³-hybridized carbons (Fsp3) is 0.500. The van der Waals surface area contributed by atoms with Gasteiger partial charge in [0.1, 0.15) is 6.04 Å². The molecule has 1 atom stereocenters. The first-order valence-electron chi connectivity index (χ1n) is 3.68. The van der Waals surface area contributed by atoms with Crippen molar-refractivity contribution in [2.75, 3.05) is 0 Å². The monoisotopic (exact) mass is 187 g/mol. The van der Waals surface area contributed by atoms with Crippen molar-refractivity contribution in [2.24, 2.45) is 0 Å². The number of imide groups is 1. The van der Waals surface area contributed by atoms with Crippen LogP contribution in [0.2, 0.25) is 0 Å². The van der Waals surface area contributed by atoms with E-state index < -0.39 is 23.9 Å². The van der Waals surface area contributed by atoms with Crippen LogP contribution in [-0.4, -0.2) is 29.1 Å². The van der Waals surface area contributed by atoms with Gasteiger partial charge in [-0.05, 0) is 6.42 Å². The number of nitrogens with one attached hydrogen (secondary N) is 3. The maximum absolute atomic E-state index is 11.0. The molecule has 1 heterocycles. The summed E-state index contributed by atoms with van der Waals surface area (Å²) in [5.74, 6) is -1.49. The molecule has 72 valence electrons. The number of aliphatic carboxylic acids is 1. The van der Waals surface area contributed by atoms with Gasteiger partial charge in [-0.3, -0.25) is 20.3 Å². The first-order chi connectivity index (χ1) is 6.09. The Hall–Kier alpha value is -1.63. The molecule has 1 fully saturated rings. The summed E-state index contributed by atoms with van der Waals surface area (Å²) in [4.78, 5) is 31.7. The molecule has 0 radical (unpaired) electrons. The standard InChI is InChI=1S/C6H9N3O4/c10-4(11)2-1-3-5(12)7-6(13)9-8-3/h3,8H,1-2H2,(H,10,11)(H2,7,9,12,13). The highest BCUT2D eigenvalue weighted by Crippen LogP contribution is 1.98. The minimum atomic E-state index is -0.980. The smallest absolute Gasteiger partial charge is 0.335 e. The Morgan fingerprint density at radius 1 is 1.46 bits per heavy atom. The first kappa shape index (κ1) is 9.46. The van der Waals surface area contributed by atoms with E-state index in [1.165, 1.54) is 0 Å². The van der Waals surface area contributed by atoms with Crippen molar-refractivity contribution in [2.45, 2.75) is 18.9 Å². The molecule has 0 aromatic carbocycles. The van der Waals surface area contributed by atoms with Gasteiger partial charge in [0.2, 0.25) is 5.91 Å². The Morgan fingerprint density at radius 3 is 2.69 bits per heavy atom. The third kappa shape index (κ3) is 2.71. The Kier molecular flexibility index (Phi) is 2.80. The lowest BCUT2D eigenvalue weighted by Crippen LogP contribution is -2.62. The normalized spacial score (nSPS) is 22.0. The van der Waals surface area contributed by atoms with E-state index in [2.05, 4.69) is 10.9 Å². The molecule has 1 unspecified atom stereocenters. The zero-order chi connectivity index (χ0) is 9.84. The van der Waals surface area contributed by atoms with E-state index in [9.17, 15) is 14.4 Å². The molecule has 1 aliphatic heterocycles. The Labute approximate surface area is 73.5 Å². The molecule has 7 nitrogen and oxygen atoms in total. The van der Waals surface area contributed by atoms with Gasteiger partial charge < -0.3 is 5.11 Å². The summed E-state index contributed by atoms with van der Waals surface area (Å²) >= 11 is 0. The fourth-order valence-electron chi connectivity index (χ4n) is 0.920. The second-order valence-electron chi connectivity index (χ2n) is 2.57. The van der Waals surface area contributed by atoms with E-state index in [0.29, 0.717) is 0 Å². The number of urea groups is 1. The molecule has 0 aromatic heterocycles. The summed E-state index contributed by atoms with van der Waals surface area (Å²) < 4.78 is 0. The second-order valence-corrected chi connectivity index (χ2v) is 2.57. The van der Waals surface area contributed by atoms with Crippen LogP contribution in [0.1, 0.15) is 12.8 Å². The number of rotatable bonds is 3. The topological polar surface area (TPSA) is 108 Å². The number of hydrogen-bond donors (Lipinski definition) is 4. The van der Waals surface area contributed by atoms with Gasteiger partial charge in [0.05, 0.1) is 0 Å². The highest BCUT2D eigenvalue weighted by molar-refractivity contribution is 5.99. The Morgan fingerprint density at radius 2 is 2.15 bits per heavy atom. The van der Waals surface area contributed by atoms with Crippen LogP contribution in [0.15, 0.2) is 0 Å². The molecule has 0 spiro atoms. The highest BCUT2D eigenvalue weighted by Gasteiger charge is 2.25. The highest BCUT2D eigenvalue weighted by atomic mass is 16.4. The van der Waals surface area contributed by atoms with Crippen molar-refractivity contribution in [1.29, 1.82) is 0 Å². The third-order valence-corrected chi connectivity index (χ3v) is 1.56. The molecule has 3 amide bonds. The molecule has 13 heavy (non-hydrogen) atoms. The van der Waals surface area contributed by atoms with E-state index in [0.717, 1.165) is 0 Å². The van der Waals surface area contributed by atoms with Crippen molar-refractivity contribution in [1.82, 2.24) is 16.2 Å². The largest absolute Gasteiger partial charge is 0.481 e. The minimum absolute atomic E-state index is 0.124. The number of hydrogen-bond acceptors (Lipinski definition) is 4. The maximum atomic E-state index is 11.0. The lowest BCUT2D eigenvalue weighted by molar-refractivity contribution is -0.137. The third-order valence-electron chi connectivity index (χ3n) is 1.56. The number of carbonyl (C=O) groups is 3. The van der Waals surface area contributed by atoms with Crippen LogP contribution in [0, 0.1) is 0 Å². The first-order valence-corrected chi connectivity index (χ1v) is 3.68. The number of carboxylic acids is 1. The van der Waals surface area contributed by atoms with E-state index >= 15 is 0 Å². The second kappa shape index (κ2) is 3.85. The summed E-state index contributed by atoms with van der Waals surface area (Å²) in [6.07, 6.45) is 0.0163. The lowest BCUT2D eigenvalue weighted by atomic mass is 10.1. The molecule has 0 aliphatic carbocycles. The zero-order valence-corrected chi connectivity index (χ0v) is 6.66. The van der Waals surface area contributed by atoms with Gasteiger partial charge in [0.25, 0.3) is 0 Å². The summed E-state index contributed by atoms with van der Waals surface area (Å²) in [7, 11) is 0. The molecule has 1 aliphatic rings. The maximum Gasteiger partial charge on any atom is 0.335 e. The molecule has 7 heteroatoms. The van der Waals surface area contributed by atoms with Gasteiger partial charge in [-0.15, -0.1) is 0 Å². The van der Waals surface area contributed by atoms with Crippen LogP contribution in [0.3, 0.4) is 0 Å². The SMILES string of the molecule is O=C(O)CCC1NNC(=O)NC1=O. The van der Waals surface area contributed by atoms with Crippen LogP contribution < -0.4 is 16.2 Å².